The molecule has 3 rings (SSSR count). The minimum absolute atomic E-state index is 0.0968. The molecule has 0 saturated carbocycles. The van der Waals surface area contributed by atoms with E-state index in [2.05, 4.69) is 17.6 Å². The molecule has 0 aliphatic carbocycles. The molecule has 178 valence electrons. The highest BCUT2D eigenvalue weighted by atomic mass is 16.5. The van der Waals surface area contributed by atoms with Crippen LogP contribution in [-0.4, -0.2) is 69.8 Å². The van der Waals surface area contributed by atoms with Crippen LogP contribution in [0, 0.1) is 5.92 Å². The van der Waals surface area contributed by atoms with Crippen LogP contribution in [0.4, 0.5) is 5.69 Å². The molecular weight excluding hydrogens is 422 g/mol. The van der Waals surface area contributed by atoms with Gasteiger partial charge >= 0.3 is 0 Å². The van der Waals surface area contributed by atoms with E-state index in [1.165, 1.54) is 0 Å². The zero-order valence-corrected chi connectivity index (χ0v) is 19.9. The molecule has 2 amide bonds. The van der Waals surface area contributed by atoms with Crippen molar-refractivity contribution in [2.75, 3.05) is 46.3 Å². The summed E-state index contributed by atoms with van der Waals surface area (Å²) in [4.78, 5) is 27.7. The normalized spacial score (nSPS) is 21.8. The molecule has 2 aromatic carbocycles. The van der Waals surface area contributed by atoms with E-state index < -0.39 is 0 Å². The van der Waals surface area contributed by atoms with Gasteiger partial charge in [-0.25, -0.2) is 0 Å². The number of hydrogen-bond donors (Lipinski definition) is 2. The molecule has 33 heavy (non-hydrogen) atoms. The highest BCUT2D eigenvalue weighted by Crippen LogP contribution is 2.26. The first kappa shape index (κ1) is 24.5. The lowest BCUT2D eigenvalue weighted by atomic mass is 10.0. The standard InChI is InChI=1S/C25H33N3O5/c1-16-13-26-17(2)15-33-22-11-8-19(12-21(22)25(30)28(3)14-23(16)32-5)27-24(29)18-6-9-20(31-4)10-7-18/h6-12,16-17,23,26H,13-15H2,1-5H3,(H,27,29)/t16-,17-,23+/m1/s1. The van der Waals surface area contributed by atoms with Crippen molar-refractivity contribution in [2.24, 2.45) is 5.92 Å². The zero-order chi connectivity index (χ0) is 24.0. The van der Waals surface area contributed by atoms with Crippen LogP contribution in [0.1, 0.15) is 34.6 Å². The van der Waals surface area contributed by atoms with Crippen LogP contribution in [0.3, 0.4) is 0 Å². The molecule has 1 heterocycles. The Morgan fingerprint density at radius 2 is 1.88 bits per heavy atom. The van der Waals surface area contributed by atoms with Gasteiger partial charge in [0.2, 0.25) is 0 Å². The van der Waals surface area contributed by atoms with Crippen LogP contribution >= 0.6 is 0 Å². The minimum Gasteiger partial charge on any atom is -0.497 e. The van der Waals surface area contributed by atoms with Gasteiger partial charge in [-0.2, -0.15) is 0 Å². The lowest BCUT2D eigenvalue weighted by Gasteiger charge is -2.30. The molecule has 0 spiro atoms. The summed E-state index contributed by atoms with van der Waals surface area (Å²) in [5.41, 5.74) is 1.38. The Hall–Kier alpha value is -3.10. The number of amides is 2. The Morgan fingerprint density at radius 1 is 1.15 bits per heavy atom. The molecule has 1 aliphatic heterocycles. The van der Waals surface area contributed by atoms with Crippen molar-refractivity contribution in [3.63, 3.8) is 0 Å². The van der Waals surface area contributed by atoms with Gasteiger partial charge in [-0.05, 0) is 55.3 Å². The second-order valence-corrected chi connectivity index (χ2v) is 8.45. The van der Waals surface area contributed by atoms with Crippen LogP contribution in [0.5, 0.6) is 11.5 Å². The van der Waals surface area contributed by atoms with Crippen molar-refractivity contribution in [2.45, 2.75) is 26.0 Å². The van der Waals surface area contributed by atoms with Crippen molar-refractivity contribution >= 4 is 17.5 Å². The Bertz CT molecular complexity index is 963. The minimum atomic E-state index is -0.279. The van der Waals surface area contributed by atoms with E-state index in [0.29, 0.717) is 41.5 Å². The molecule has 0 bridgehead atoms. The number of fused-ring (bicyclic) bond motifs is 1. The average molecular weight is 456 g/mol. The third-order valence-corrected chi connectivity index (χ3v) is 5.84. The summed E-state index contributed by atoms with van der Waals surface area (Å²) in [5.74, 6) is 0.885. The molecular formula is C25H33N3O5. The summed E-state index contributed by atoms with van der Waals surface area (Å²) in [5, 5.41) is 6.32. The third-order valence-electron chi connectivity index (χ3n) is 5.84. The molecule has 0 unspecified atom stereocenters. The summed E-state index contributed by atoms with van der Waals surface area (Å²) >= 11 is 0. The van der Waals surface area contributed by atoms with Gasteiger partial charge in [-0.1, -0.05) is 6.92 Å². The maximum absolute atomic E-state index is 13.3. The highest BCUT2D eigenvalue weighted by Gasteiger charge is 2.25. The predicted molar refractivity (Wildman–Crippen MR) is 127 cm³/mol. The zero-order valence-electron chi connectivity index (χ0n) is 19.9. The molecule has 2 N–H and O–H groups in total. The van der Waals surface area contributed by atoms with Crippen molar-refractivity contribution in [3.05, 3.63) is 53.6 Å². The first-order valence-corrected chi connectivity index (χ1v) is 11.1. The molecule has 0 fully saturated rings. The van der Waals surface area contributed by atoms with E-state index in [1.807, 2.05) is 6.92 Å². The number of methoxy groups -OCH3 is 2. The van der Waals surface area contributed by atoms with Crippen molar-refractivity contribution in [1.82, 2.24) is 10.2 Å². The Morgan fingerprint density at radius 3 is 2.55 bits per heavy atom. The summed E-state index contributed by atoms with van der Waals surface area (Å²) in [6.45, 7) is 5.74. The molecule has 3 atom stereocenters. The van der Waals surface area contributed by atoms with E-state index in [9.17, 15) is 9.59 Å². The number of hydrogen-bond acceptors (Lipinski definition) is 6. The maximum Gasteiger partial charge on any atom is 0.257 e. The van der Waals surface area contributed by atoms with Crippen LogP contribution < -0.4 is 20.1 Å². The van der Waals surface area contributed by atoms with E-state index in [1.54, 1.807) is 68.6 Å². The van der Waals surface area contributed by atoms with Crippen LogP contribution in [0.2, 0.25) is 0 Å². The first-order valence-electron chi connectivity index (χ1n) is 11.1. The van der Waals surface area contributed by atoms with E-state index in [4.69, 9.17) is 14.2 Å². The quantitative estimate of drug-likeness (QED) is 0.737. The molecule has 8 nitrogen and oxygen atoms in total. The predicted octanol–water partition coefficient (Wildman–Crippen LogP) is 3.04. The number of carbonyl (C=O) groups is 2. The van der Waals surface area contributed by atoms with Gasteiger partial charge in [0.05, 0.1) is 18.8 Å². The number of nitrogens with one attached hydrogen (secondary N) is 2. The fourth-order valence-electron chi connectivity index (χ4n) is 3.68. The number of nitrogens with zero attached hydrogens (tertiary/aromatic N) is 1. The Balaban J connectivity index is 1.86. The van der Waals surface area contributed by atoms with Crippen molar-refractivity contribution in [1.29, 1.82) is 0 Å². The summed E-state index contributed by atoms with van der Waals surface area (Å²) in [6, 6.07) is 12.0. The number of rotatable bonds is 4. The molecule has 2 aromatic rings. The lowest BCUT2D eigenvalue weighted by Crippen LogP contribution is -2.44. The number of likely N-dealkylation sites (N-methyl/N-ethyl adjacent to an activating group) is 1. The van der Waals surface area contributed by atoms with Crippen molar-refractivity contribution in [3.8, 4) is 11.5 Å². The fraction of sp³-hybridized carbons (Fsp3) is 0.440. The summed E-state index contributed by atoms with van der Waals surface area (Å²) < 4.78 is 16.8. The van der Waals surface area contributed by atoms with Gasteiger partial charge in [0.15, 0.2) is 0 Å². The number of benzene rings is 2. The Labute approximate surface area is 195 Å². The van der Waals surface area contributed by atoms with E-state index in [0.717, 1.165) is 6.54 Å². The number of ether oxygens (including phenoxy) is 3. The summed E-state index contributed by atoms with van der Waals surface area (Å²) in [7, 11) is 4.98. The monoisotopic (exact) mass is 455 g/mol. The molecule has 0 aromatic heterocycles. The molecule has 0 saturated heterocycles. The Kier molecular flexibility index (Phi) is 8.30. The van der Waals surface area contributed by atoms with Gasteiger partial charge in [-0.3, -0.25) is 9.59 Å². The molecule has 0 radical (unpaired) electrons. The van der Waals surface area contributed by atoms with Crippen LogP contribution in [-0.2, 0) is 4.74 Å². The smallest absolute Gasteiger partial charge is 0.257 e. The van der Waals surface area contributed by atoms with Gasteiger partial charge in [0.25, 0.3) is 11.8 Å². The fourth-order valence-corrected chi connectivity index (χ4v) is 3.68. The molecule has 8 heteroatoms. The van der Waals surface area contributed by atoms with Crippen molar-refractivity contribution < 1.29 is 23.8 Å². The first-order chi connectivity index (χ1) is 15.8. The van der Waals surface area contributed by atoms with E-state index in [-0.39, 0.29) is 29.9 Å². The SMILES string of the molecule is COc1ccc(C(=O)Nc2ccc3c(c2)C(=O)N(C)C[C@H](OC)[C@H](C)CN[C@H](C)CO3)cc1. The van der Waals surface area contributed by atoms with Gasteiger partial charge in [-0.15, -0.1) is 0 Å². The van der Waals surface area contributed by atoms with Crippen LogP contribution in [0.25, 0.3) is 0 Å². The van der Waals surface area contributed by atoms with Gasteiger partial charge in [0, 0.05) is 44.5 Å². The highest BCUT2D eigenvalue weighted by molar-refractivity contribution is 6.05. The topological polar surface area (TPSA) is 89.1 Å². The summed E-state index contributed by atoms with van der Waals surface area (Å²) in [6.07, 6.45) is -0.111. The average Bonchev–Trinajstić information content (AvgIpc) is 2.83. The molecule has 1 aliphatic rings. The van der Waals surface area contributed by atoms with Gasteiger partial charge < -0.3 is 29.7 Å². The second kappa shape index (κ2) is 11.2. The second-order valence-electron chi connectivity index (χ2n) is 8.45. The lowest BCUT2D eigenvalue weighted by molar-refractivity contribution is 0.0281. The largest absolute Gasteiger partial charge is 0.497 e. The van der Waals surface area contributed by atoms with Gasteiger partial charge in [0.1, 0.15) is 18.1 Å². The maximum atomic E-state index is 13.3. The van der Waals surface area contributed by atoms with E-state index >= 15 is 0 Å². The number of carbonyl (C=O) groups excluding carboxylic acids is 2. The van der Waals surface area contributed by atoms with Crippen LogP contribution in [0.15, 0.2) is 42.5 Å². The number of anilines is 1. The third kappa shape index (κ3) is 6.24.